The van der Waals surface area contributed by atoms with E-state index in [1.165, 1.54) is 0 Å². The first-order valence-electron chi connectivity index (χ1n) is 10.4. The first-order chi connectivity index (χ1) is 12.9. The van der Waals surface area contributed by atoms with Crippen LogP contribution in [0, 0.1) is 11.8 Å². The molecule has 0 spiro atoms. The zero-order valence-electron chi connectivity index (χ0n) is 16.4. The van der Waals surface area contributed by atoms with Gasteiger partial charge in [0, 0.05) is 6.04 Å². The van der Waals surface area contributed by atoms with Gasteiger partial charge in [-0.25, -0.2) is 4.79 Å². The van der Waals surface area contributed by atoms with Gasteiger partial charge in [-0.2, -0.15) is 0 Å². The number of nitrogens with zero attached hydrogens (tertiary/aromatic N) is 1. The third-order valence-corrected chi connectivity index (χ3v) is 6.29. The zero-order chi connectivity index (χ0) is 19.6. The largest absolute Gasteiger partial charge is 0.480 e. The van der Waals surface area contributed by atoms with Gasteiger partial charge >= 0.3 is 11.9 Å². The van der Waals surface area contributed by atoms with Crippen LogP contribution in [-0.4, -0.2) is 58.6 Å². The molecule has 7 nitrogen and oxygen atoms in total. The Hall–Kier alpha value is -1.63. The van der Waals surface area contributed by atoms with Crippen LogP contribution in [0.4, 0.5) is 0 Å². The predicted molar refractivity (Wildman–Crippen MR) is 99.0 cm³/mol. The minimum absolute atomic E-state index is 0.0149. The summed E-state index contributed by atoms with van der Waals surface area (Å²) < 4.78 is 5.16. The van der Waals surface area contributed by atoms with Gasteiger partial charge in [0.2, 0.25) is 5.91 Å². The smallest absolute Gasteiger partial charge is 0.326 e. The van der Waals surface area contributed by atoms with Crippen molar-refractivity contribution >= 4 is 17.8 Å². The lowest BCUT2D eigenvalue weighted by atomic mass is 9.84. The molecule has 0 aromatic carbocycles. The number of nitrogens with one attached hydrogen (secondary N) is 1. The van der Waals surface area contributed by atoms with Gasteiger partial charge in [-0.15, -0.1) is 0 Å². The van der Waals surface area contributed by atoms with E-state index >= 15 is 0 Å². The molecule has 2 saturated carbocycles. The Morgan fingerprint density at radius 1 is 1.19 bits per heavy atom. The van der Waals surface area contributed by atoms with E-state index in [1.54, 1.807) is 18.7 Å². The standard InChI is InChI=1S/C20H32N2O5/c1-3-27-20(26)15(10-13-8-9-13)21-12(2)18(23)22-16-7-5-4-6-14(16)11-17(22)19(24)25/h12-17,21H,3-11H2,1-2H3,(H,24,25)/t12-,14+,15-,16-,17-/m0/s1. The van der Waals surface area contributed by atoms with E-state index in [2.05, 4.69) is 5.32 Å². The number of hydrogen-bond acceptors (Lipinski definition) is 5. The lowest BCUT2D eigenvalue weighted by Crippen LogP contribution is -2.55. The van der Waals surface area contributed by atoms with Gasteiger partial charge < -0.3 is 14.7 Å². The molecule has 0 aromatic rings. The number of ether oxygens (including phenoxy) is 1. The van der Waals surface area contributed by atoms with Crippen LogP contribution in [0.1, 0.15) is 65.2 Å². The van der Waals surface area contributed by atoms with Crippen LogP contribution in [0.25, 0.3) is 0 Å². The molecular formula is C20H32N2O5. The van der Waals surface area contributed by atoms with E-state index < -0.39 is 24.1 Å². The Labute approximate surface area is 160 Å². The topological polar surface area (TPSA) is 95.9 Å². The molecule has 0 bridgehead atoms. The molecule has 0 radical (unpaired) electrons. The quantitative estimate of drug-likeness (QED) is 0.625. The number of aliphatic carboxylic acids is 1. The summed E-state index contributed by atoms with van der Waals surface area (Å²) in [6, 6.07) is -1.86. The predicted octanol–water partition coefficient (Wildman–Crippen LogP) is 1.94. The molecule has 0 unspecified atom stereocenters. The average Bonchev–Trinajstić information content (AvgIpc) is 3.37. The summed E-state index contributed by atoms with van der Waals surface area (Å²) in [5.74, 6) is -0.665. The second-order valence-corrected chi connectivity index (χ2v) is 8.32. The van der Waals surface area contributed by atoms with E-state index in [0.717, 1.165) is 38.5 Å². The summed E-state index contributed by atoms with van der Waals surface area (Å²) in [5.41, 5.74) is 0. The normalized spacial score (nSPS) is 29.7. The van der Waals surface area contributed by atoms with Crippen LogP contribution in [0.15, 0.2) is 0 Å². The summed E-state index contributed by atoms with van der Waals surface area (Å²) in [6.45, 7) is 3.81. The van der Waals surface area contributed by atoms with Crippen molar-refractivity contribution in [1.29, 1.82) is 0 Å². The maximum atomic E-state index is 13.2. The Morgan fingerprint density at radius 2 is 1.89 bits per heavy atom. The molecule has 3 fully saturated rings. The highest BCUT2D eigenvalue weighted by atomic mass is 16.5. The maximum absolute atomic E-state index is 13.2. The molecule has 7 heteroatoms. The van der Waals surface area contributed by atoms with Crippen LogP contribution in [0.3, 0.4) is 0 Å². The third-order valence-electron chi connectivity index (χ3n) is 6.29. The summed E-state index contributed by atoms with van der Waals surface area (Å²) in [7, 11) is 0. The van der Waals surface area contributed by atoms with Crippen LogP contribution in [-0.2, 0) is 19.1 Å². The molecular weight excluding hydrogens is 348 g/mol. The van der Waals surface area contributed by atoms with Gasteiger partial charge in [0.15, 0.2) is 0 Å². The molecule has 2 N–H and O–H groups in total. The minimum Gasteiger partial charge on any atom is -0.480 e. The van der Waals surface area contributed by atoms with Gasteiger partial charge in [0.25, 0.3) is 0 Å². The van der Waals surface area contributed by atoms with Crippen molar-refractivity contribution in [3.63, 3.8) is 0 Å². The molecule has 1 aliphatic heterocycles. The minimum atomic E-state index is -0.926. The highest BCUT2D eigenvalue weighted by molar-refractivity contribution is 5.88. The van der Waals surface area contributed by atoms with E-state index in [0.29, 0.717) is 25.4 Å². The first-order valence-corrected chi connectivity index (χ1v) is 10.4. The number of carbonyl (C=O) groups is 3. The van der Waals surface area contributed by atoms with Crippen molar-refractivity contribution in [2.45, 2.75) is 89.4 Å². The van der Waals surface area contributed by atoms with Gasteiger partial charge in [0.1, 0.15) is 12.1 Å². The van der Waals surface area contributed by atoms with E-state index in [9.17, 15) is 19.5 Å². The lowest BCUT2D eigenvalue weighted by Gasteiger charge is -2.35. The summed E-state index contributed by atoms with van der Waals surface area (Å²) in [6.07, 6.45) is 7.44. The zero-order valence-corrected chi connectivity index (χ0v) is 16.4. The molecule has 1 amide bonds. The van der Waals surface area contributed by atoms with Crippen LogP contribution < -0.4 is 5.32 Å². The van der Waals surface area contributed by atoms with Crippen LogP contribution >= 0.6 is 0 Å². The number of carbonyl (C=O) groups excluding carboxylic acids is 2. The number of carboxylic acids is 1. The number of carboxylic acid groups (broad SMARTS) is 1. The number of esters is 1. The summed E-state index contributed by atoms with van der Waals surface area (Å²) in [5, 5.41) is 12.8. The molecule has 3 rings (SSSR count). The number of hydrogen-bond donors (Lipinski definition) is 2. The first kappa shape index (κ1) is 20.1. The van der Waals surface area contributed by atoms with E-state index in [1.807, 2.05) is 0 Å². The van der Waals surface area contributed by atoms with Crippen molar-refractivity contribution in [2.24, 2.45) is 11.8 Å². The Bertz CT molecular complexity index is 577. The van der Waals surface area contributed by atoms with Gasteiger partial charge in [-0.05, 0) is 51.4 Å². The Kier molecular flexibility index (Phi) is 6.40. The highest BCUT2D eigenvalue weighted by Gasteiger charge is 2.48. The van der Waals surface area contributed by atoms with Crippen LogP contribution in [0.2, 0.25) is 0 Å². The Balaban J connectivity index is 1.69. The molecule has 152 valence electrons. The molecule has 27 heavy (non-hydrogen) atoms. The second kappa shape index (κ2) is 8.59. The molecule has 2 aliphatic carbocycles. The Morgan fingerprint density at radius 3 is 2.52 bits per heavy atom. The monoisotopic (exact) mass is 380 g/mol. The fourth-order valence-electron chi connectivity index (χ4n) is 4.76. The van der Waals surface area contributed by atoms with E-state index in [4.69, 9.17) is 4.74 Å². The molecule has 3 aliphatic rings. The third kappa shape index (κ3) is 4.62. The average molecular weight is 380 g/mol. The van der Waals surface area contributed by atoms with Crippen LogP contribution in [0.5, 0.6) is 0 Å². The fraction of sp³-hybridized carbons (Fsp3) is 0.850. The fourth-order valence-corrected chi connectivity index (χ4v) is 4.76. The van der Waals surface area contributed by atoms with Gasteiger partial charge in [-0.1, -0.05) is 25.7 Å². The van der Waals surface area contributed by atoms with Crippen molar-refractivity contribution in [1.82, 2.24) is 10.2 Å². The van der Waals surface area contributed by atoms with Gasteiger partial charge in [0.05, 0.1) is 12.6 Å². The summed E-state index contributed by atoms with van der Waals surface area (Å²) in [4.78, 5) is 38.8. The summed E-state index contributed by atoms with van der Waals surface area (Å²) >= 11 is 0. The van der Waals surface area contributed by atoms with Crippen molar-refractivity contribution in [2.75, 3.05) is 6.61 Å². The SMILES string of the molecule is CCOC(=O)[C@H](CC1CC1)N[C@@H](C)C(=O)N1[C@H](C(=O)O)C[C@H]2CCCC[C@@H]21. The molecule has 1 saturated heterocycles. The molecule has 1 heterocycles. The molecule has 0 aromatic heterocycles. The number of rotatable bonds is 8. The van der Waals surface area contributed by atoms with Gasteiger partial charge in [-0.3, -0.25) is 14.9 Å². The van der Waals surface area contributed by atoms with E-state index in [-0.39, 0.29) is 23.8 Å². The van der Waals surface area contributed by atoms with Crippen molar-refractivity contribution in [3.05, 3.63) is 0 Å². The second-order valence-electron chi connectivity index (χ2n) is 8.32. The lowest BCUT2D eigenvalue weighted by molar-refractivity contribution is -0.152. The number of fused-ring (bicyclic) bond motifs is 1. The molecule has 5 atom stereocenters. The van der Waals surface area contributed by atoms with Crippen molar-refractivity contribution < 1.29 is 24.2 Å². The highest BCUT2D eigenvalue weighted by Crippen LogP contribution is 2.40. The number of likely N-dealkylation sites (tertiary alicyclic amines) is 1. The van der Waals surface area contributed by atoms with Crippen molar-refractivity contribution in [3.8, 4) is 0 Å². The number of amides is 1. The maximum Gasteiger partial charge on any atom is 0.326 e.